The van der Waals surface area contributed by atoms with E-state index in [1.165, 1.54) is 16.4 Å². The van der Waals surface area contributed by atoms with Crippen LogP contribution in [0, 0.1) is 11.8 Å². The summed E-state index contributed by atoms with van der Waals surface area (Å²) in [6, 6.07) is 6.25. The highest BCUT2D eigenvalue weighted by atomic mass is 32.2. The summed E-state index contributed by atoms with van der Waals surface area (Å²) in [5, 5.41) is 8.92. The van der Waals surface area contributed by atoms with Gasteiger partial charge in [-0.3, -0.25) is 4.79 Å². The molecular formula is C14H19NO5S. The third kappa shape index (κ3) is 3.19. The molecule has 1 saturated heterocycles. The van der Waals surface area contributed by atoms with E-state index in [2.05, 4.69) is 0 Å². The lowest BCUT2D eigenvalue weighted by Crippen LogP contribution is -2.53. The van der Waals surface area contributed by atoms with Gasteiger partial charge in [0.05, 0.1) is 17.4 Å². The summed E-state index contributed by atoms with van der Waals surface area (Å²) in [5.74, 6) is -0.924. The molecule has 0 saturated carbocycles. The van der Waals surface area contributed by atoms with Gasteiger partial charge in [0.15, 0.2) is 0 Å². The van der Waals surface area contributed by atoms with E-state index in [0.29, 0.717) is 12.4 Å². The molecule has 1 aromatic rings. The lowest BCUT2D eigenvalue weighted by Gasteiger charge is -2.39. The highest BCUT2D eigenvalue weighted by Crippen LogP contribution is 2.30. The number of hydrogen-bond donors (Lipinski definition) is 1. The van der Waals surface area contributed by atoms with Gasteiger partial charge in [-0.15, -0.1) is 0 Å². The van der Waals surface area contributed by atoms with Crippen LogP contribution in [0.5, 0.6) is 5.75 Å². The standard InChI is InChI=1S/C14H19NO5S/c1-3-20-12-4-6-13(7-5-12)21(18,19)15-8-11(9-15)10(2)14(16)17/h4-7,10-11H,3,8-9H2,1-2H3,(H,16,17). The molecule has 0 aromatic heterocycles. The predicted molar refractivity (Wildman–Crippen MR) is 76.7 cm³/mol. The average Bonchev–Trinajstić information content (AvgIpc) is 2.37. The molecule has 0 amide bonds. The minimum absolute atomic E-state index is 0.125. The van der Waals surface area contributed by atoms with Gasteiger partial charge in [-0.25, -0.2) is 8.42 Å². The minimum Gasteiger partial charge on any atom is -0.494 e. The van der Waals surface area contributed by atoms with Crippen LogP contribution in [-0.4, -0.2) is 43.5 Å². The Bertz CT molecular complexity index is 605. The number of carboxylic acids is 1. The summed E-state index contributed by atoms with van der Waals surface area (Å²) in [6.07, 6.45) is 0. The Hall–Kier alpha value is -1.60. The second-order valence-corrected chi connectivity index (χ2v) is 7.05. The second kappa shape index (κ2) is 6.03. The van der Waals surface area contributed by atoms with E-state index < -0.39 is 21.9 Å². The molecule has 1 N–H and O–H groups in total. The third-order valence-electron chi connectivity index (χ3n) is 3.75. The molecule has 6 nitrogen and oxygen atoms in total. The largest absolute Gasteiger partial charge is 0.494 e. The number of aliphatic carboxylic acids is 1. The summed E-state index contributed by atoms with van der Waals surface area (Å²) < 4.78 is 31.3. The van der Waals surface area contributed by atoms with Crippen molar-refractivity contribution in [1.82, 2.24) is 4.31 Å². The fourth-order valence-corrected chi connectivity index (χ4v) is 3.76. The Morgan fingerprint density at radius 2 is 1.95 bits per heavy atom. The monoisotopic (exact) mass is 313 g/mol. The molecule has 1 aliphatic rings. The van der Waals surface area contributed by atoms with Gasteiger partial charge in [0, 0.05) is 13.1 Å². The van der Waals surface area contributed by atoms with Crippen molar-refractivity contribution < 1.29 is 23.1 Å². The molecule has 7 heteroatoms. The number of nitrogens with zero attached hydrogens (tertiary/aromatic N) is 1. The van der Waals surface area contributed by atoms with E-state index in [9.17, 15) is 13.2 Å². The van der Waals surface area contributed by atoms with Gasteiger partial charge in [0.1, 0.15) is 5.75 Å². The maximum atomic E-state index is 12.4. The molecule has 1 unspecified atom stereocenters. The first-order chi connectivity index (χ1) is 9.86. The first-order valence-electron chi connectivity index (χ1n) is 6.82. The van der Waals surface area contributed by atoms with E-state index in [-0.39, 0.29) is 23.9 Å². The zero-order valence-electron chi connectivity index (χ0n) is 12.0. The van der Waals surface area contributed by atoms with Crippen molar-refractivity contribution in [3.05, 3.63) is 24.3 Å². The summed E-state index contributed by atoms with van der Waals surface area (Å²) >= 11 is 0. The molecule has 1 aromatic carbocycles. The maximum Gasteiger partial charge on any atom is 0.306 e. The third-order valence-corrected chi connectivity index (χ3v) is 5.59. The van der Waals surface area contributed by atoms with E-state index in [4.69, 9.17) is 9.84 Å². The second-order valence-electron chi connectivity index (χ2n) is 5.11. The first-order valence-corrected chi connectivity index (χ1v) is 8.26. The van der Waals surface area contributed by atoms with Crippen molar-refractivity contribution in [2.45, 2.75) is 18.7 Å². The number of rotatable bonds is 6. The minimum atomic E-state index is -3.54. The van der Waals surface area contributed by atoms with Gasteiger partial charge in [-0.05, 0) is 37.1 Å². The number of hydrogen-bond acceptors (Lipinski definition) is 4. The molecule has 21 heavy (non-hydrogen) atoms. The van der Waals surface area contributed by atoms with Crippen molar-refractivity contribution in [2.75, 3.05) is 19.7 Å². The van der Waals surface area contributed by atoms with Crippen LogP contribution in [0.4, 0.5) is 0 Å². The smallest absolute Gasteiger partial charge is 0.306 e. The van der Waals surface area contributed by atoms with Crippen molar-refractivity contribution in [2.24, 2.45) is 11.8 Å². The van der Waals surface area contributed by atoms with Gasteiger partial charge in [0.2, 0.25) is 10.0 Å². The molecule has 0 aliphatic carbocycles. The van der Waals surface area contributed by atoms with Crippen LogP contribution in [0.15, 0.2) is 29.2 Å². The zero-order valence-corrected chi connectivity index (χ0v) is 12.8. The maximum absolute atomic E-state index is 12.4. The first kappa shape index (κ1) is 15.8. The van der Waals surface area contributed by atoms with E-state index in [0.717, 1.165) is 0 Å². The molecule has 0 bridgehead atoms. The van der Waals surface area contributed by atoms with Crippen LogP contribution in [0.3, 0.4) is 0 Å². The van der Waals surface area contributed by atoms with Crippen LogP contribution >= 0.6 is 0 Å². The highest BCUT2D eigenvalue weighted by Gasteiger charge is 2.41. The van der Waals surface area contributed by atoms with Crippen molar-refractivity contribution in [1.29, 1.82) is 0 Å². The highest BCUT2D eigenvalue weighted by molar-refractivity contribution is 7.89. The Morgan fingerprint density at radius 3 is 2.43 bits per heavy atom. The van der Waals surface area contributed by atoms with Gasteiger partial charge < -0.3 is 9.84 Å². The molecular weight excluding hydrogens is 294 g/mol. The number of carboxylic acid groups (broad SMARTS) is 1. The van der Waals surface area contributed by atoms with Gasteiger partial charge >= 0.3 is 5.97 Å². The summed E-state index contributed by atoms with van der Waals surface area (Å²) in [6.45, 7) is 4.49. The number of ether oxygens (including phenoxy) is 1. The number of carbonyl (C=O) groups is 1. The summed E-state index contributed by atoms with van der Waals surface area (Å²) in [5.41, 5.74) is 0. The normalized spacial score (nSPS) is 18.0. The predicted octanol–water partition coefficient (Wildman–Crippen LogP) is 1.43. The molecule has 2 rings (SSSR count). The Morgan fingerprint density at radius 1 is 1.38 bits per heavy atom. The Kier molecular flexibility index (Phi) is 4.53. The fraction of sp³-hybridized carbons (Fsp3) is 0.500. The van der Waals surface area contributed by atoms with Gasteiger partial charge in [-0.2, -0.15) is 4.31 Å². The van der Waals surface area contributed by atoms with Crippen LogP contribution in [0.25, 0.3) is 0 Å². The van der Waals surface area contributed by atoms with E-state index in [1.54, 1.807) is 19.1 Å². The molecule has 1 aliphatic heterocycles. The van der Waals surface area contributed by atoms with Gasteiger partial charge in [-0.1, -0.05) is 6.92 Å². The SMILES string of the molecule is CCOc1ccc(S(=O)(=O)N2CC(C(C)C(=O)O)C2)cc1. The molecule has 1 fully saturated rings. The average molecular weight is 313 g/mol. The van der Waals surface area contributed by atoms with Crippen molar-refractivity contribution in [3.63, 3.8) is 0 Å². The molecule has 116 valence electrons. The van der Waals surface area contributed by atoms with Crippen LogP contribution in [0.2, 0.25) is 0 Å². The van der Waals surface area contributed by atoms with Crippen LogP contribution in [0.1, 0.15) is 13.8 Å². The van der Waals surface area contributed by atoms with E-state index in [1.807, 2.05) is 6.92 Å². The fourth-order valence-electron chi connectivity index (χ4n) is 2.21. The molecule has 0 radical (unpaired) electrons. The number of sulfonamides is 1. The number of benzene rings is 1. The quantitative estimate of drug-likeness (QED) is 0.859. The van der Waals surface area contributed by atoms with E-state index >= 15 is 0 Å². The van der Waals surface area contributed by atoms with Crippen molar-refractivity contribution in [3.8, 4) is 5.75 Å². The van der Waals surface area contributed by atoms with Crippen LogP contribution in [-0.2, 0) is 14.8 Å². The Balaban J connectivity index is 2.05. The topological polar surface area (TPSA) is 83.9 Å². The summed E-state index contributed by atoms with van der Waals surface area (Å²) in [7, 11) is -3.54. The van der Waals surface area contributed by atoms with Crippen LogP contribution < -0.4 is 4.74 Å². The zero-order chi connectivity index (χ0) is 15.6. The molecule has 1 atom stereocenters. The lowest BCUT2D eigenvalue weighted by atomic mass is 9.89. The molecule has 0 spiro atoms. The summed E-state index contributed by atoms with van der Waals surface area (Å²) in [4.78, 5) is 11.1. The molecule has 1 heterocycles. The van der Waals surface area contributed by atoms with Crippen molar-refractivity contribution >= 4 is 16.0 Å². The lowest BCUT2D eigenvalue weighted by molar-refractivity contribution is -0.144. The Labute approximate surface area is 124 Å². The van der Waals surface area contributed by atoms with Gasteiger partial charge in [0.25, 0.3) is 0 Å².